The van der Waals surface area contributed by atoms with Crippen molar-refractivity contribution in [2.75, 3.05) is 51.0 Å². The number of benzene rings is 1. The second-order valence-corrected chi connectivity index (χ2v) is 6.38. The van der Waals surface area contributed by atoms with Crippen LogP contribution in [0.2, 0.25) is 0 Å². The number of rotatable bonds is 4. The van der Waals surface area contributed by atoms with Crippen LogP contribution >= 0.6 is 0 Å². The second kappa shape index (κ2) is 7.51. The fraction of sp³-hybridized carbons (Fsp3) is 0.556. The molecular formula is C18H24N4O3. The first-order valence-electron chi connectivity index (χ1n) is 8.83. The van der Waals surface area contributed by atoms with Gasteiger partial charge in [-0.1, -0.05) is 0 Å². The van der Waals surface area contributed by atoms with Crippen molar-refractivity contribution in [2.24, 2.45) is 0 Å². The quantitative estimate of drug-likeness (QED) is 0.838. The summed E-state index contributed by atoms with van der Waals surface area (Å²) in [5, 5.41) is 4.54. The van der Waals surface area contributed by atoms with Crippen molar-refractivity contribution in [2.45, 2.75) is 19.6 Å². The maximum atomic E-state index is 5.75. The van der Waals surface area contributed by atoms with E-state index in [9.17, 15) is 0 Å². The first-order valence-corrected chi connectivity index (χ1v) is 8.83. The number of hydrogen-bond acceptors (Lipinski definition) is 6. The topological polar surface area (TPSA) is 61.6 Å². The molecule has 7 heteroatoms. The highest BCUT2D eigenvalue weighted by Gasteiger charge is 2.19. The van der Waals surface area contributed by atoms with E-state index in [1.807, 2.05) is 11.6 Å². The number of aromatic nitrogens is 3. The normalized spacial score (nSPS) is 21.5. The summed E-state index contributed by atoms with van der Waals surface area (Å²) >= 11 is 0. The molecule has 2 fully saturated rings. The lowest BCUT2D eigenvalue weighted by Gasteiger charge is -2.28. The molecule has 0 unspecified atom stereocenters. The van der Waals surface area contributed by atoms with Crippen LogP contribution < -0.4 is 4.90 Å². The molecule has 0 saturated carbocycles. The Morgan fingerprint density at radius 3 is 2.56 bits per heavy atom. The van der Waals surface area contributed by atoms with Gasteiger partial charge in [-0.3, -0.25) is 0 Å². The van der Waals surface area contributed by atoms with Gasteiger partial charge in [-0.25, -0.2) is 9.67 Å². The van der Waals surface area contributed by atoms with Crippen molar-refractivity contribution in [3.63, 3.8) is 0 Å². The Morgan fingerprint density at radius 1 is 1.04 bits per heavy atom. The minimum atomic E-state index is 0.0289. The molecule has 1 aromatic carbocycles. The van der Waals surface area contributed by atoms with Crippen LogP contribution in [0.5, 0.6) is 0 Å². The van der Waals surface area contributed by atoms with Gasteiger partial charge in [0, 0.05) is 24.3 Å². The number of aryl methyl sites for hydroxylation is 1. The lowest BCUT2D eigenvalue weighted by Crippen LogP contribution is -2.36. The summed E-state index contributed by atoms with van der Waals surface area (Å²) in [6.07, 6.45) is 0.0289. The number of ether oxygens (including phenoxy) is 3. The summed E-state index contributed by atoms with van der Waals surface area (Å²) in [5.74, 6) is 1.64. The Hall–Kier alpha value is -1.96. The zero-order valence-corrected chi connectivity index (χ0v) is 14.6. The minimum Gasteiger partial charge on any atom is -0.378 e. The van der Waals surface area contributed by atoms with E-state index in [2.05, 4.69) is 39.2 Å². The van der Waals surface area contributed by atoms with Crippen LogP contribution in [0.1, 0.15) is 5.82 Å². The SMILES string of the molecule is Cc1nc(-c2ccc(N3CCOCC3)cc2)n(C[C@H]2COCCO2)n1. The summed E-state index contributed by atoms with van der Waals surface area (Å²) in [7, 11) is 0. The van der Waals surface area contributed by atoms with Crippen molar-refractivity contribution < 1.29 is 14.2 Å². The standard InChI is InChI=1S/C18H24N4O3/c1-14-19-18(22(20-14)12-17-13-24-10-11-25-17)15-2-4-16(5-3-15)21-6-8-23-9-7-21/h2-5,17H,6-13H2,1H3/t17-/m0/s1. The van der Waals surface area contributed by atoms with Gasteiger partial charge in [0.05, 0.1) is 39.6 Å². The van der Waals surface area contributed by atoms with Crippen LogP contribution in [0, 0.1) is 6.92 Å². The predicted octanol–water partition coefficient (Wildman–Crippen LogP) is 1.51. The maximum absolute atomic E-state index is 5.75. The highest BCUT2D eigenvalue weighted by atomic mass is 16.6. The van der Waals surface area contributed by atoms with Crippen molar-refractivity contribution >= 4 is 5.69 Å². The predicted molar refractivity (Wildman–Crippen MR) is 93.8 cm³/mol. The average Bonchev–Trinajstić information content (AvgIpc) is 3.03. The van der Waals surface area contributed by atoms with E-state index >= 15 is 0 Å². The van der Waals surface area contributed by atoms with Crippen LogP contribution in [0.4, 0.5) is 5.69 Å². The summed E-state index contributed by atoms with van der Waals surface area (Å²) in [6.45, 7) is 7.94. The number of nitrogens with zero attached hydrogens (tertiary/aromatic N) is 4. The van der Waals surface area contributed by atoms with Crippen LogP contribution in [0.3, 0.4) is 0 Å². The Labute approximate surface area is 147 Å². The molecule has 25 heavy (non-hydrogen) atoms. The summed E-state index contributed by atoms with van der Waals surface area (Å²) < 4.78 is 18.6. The fourth-order valence-electron chi connectivity index (χ4n) is 3.27. The van der Waals surface area contributed by atoms with Gasteiger partial charge in [-0.2, -0.15) is 5.10 Å². The monoisotopic (exact) mass is 344 g/mol. The molecule has 0 N–H and O–H groups in total. The number of hydrogen-bond donors (Lipinski definition) is 0. The molecular weight excluding hydrogens is 320 g/mol. The molecule has 4 rings (SSSR count). The van der Waals surface area contributed by atoms with Gasteiger partial charge in [0.1, 0.15) is 11.9 Å². The van der Waals surface area contributed by atoms with Crippen molar-refractivity contribution in [1.29, 1.82) is 0 Å². The molecule has 1 atom stereocenters. The zero-order valence-electron chi connectivity index (χ0n) is 14.6. The Bertz CT molecular complexity index is 689. The molecule has 0 radical (unpaired) electrons. The maximum Gasteiger partial charge on any atom is 0.158 e. The van der Waals surface area contributed by atoms with E-state index in [-0.39, 0.29) is 6.10 Å². The molecule has 2 aliphatic rings. The highest BCUT2D eigenvalue weighted by molar-refractivity contribution is 5.60. The van der Waals surface area contributed by atoms with E-state index in [0.717, 1.165) is 43.5 Å². The van der Waals surface area contributed by atoms with Crippen molar-refractivity contribution in [1.82, 2.24) is 14.8 Å². The molecule has 0 aliphatic carbocycles. The third-order valence-corrected chi connectivity index (χ3v) is 4.54. The largest absolute Gasteiger partial charge is 0.378 e. The minimum absolute atomic E-state index is 0.0289. The highest BCUT2D eigenvalue weighted by Crippen LogP contribution is 2.23. The van der Waals surface area contributed by atoms with E-state index in [4.69, 9.17) is 14.2 Å². The fourth-order valence-corrected chi connectivity index (χ4v) is 3.27. The van der Waals surface area contributed by atoms with Gasteiger partial charge in [0.2, 0.25) is 0 Å². The van der Waals surface area contributed by atoms with Crippen LogP contribution in [0.25, 0.3) is 11.4 Å². The Kier molecular flexibility index (Phi) is 4.96. The zero-order chi connectivity index (χ0) is 17.1. The molecule has 0 bridgehead atoms. The third-order valence-electron chi connectivity index (χ3n) is 4.54. The average molecular weight is 344 g/mol. The van der Waals surface area contributed by atoms with Crippen LogP contribution in [-0.2, 0) is 20.8 Å². The first-order chi connectivity index (χ1) is 12.3. The van der Waals surface area contributed by atoms with E-state index in [1.165, 1.54) is 5.69 Å². The van der Waals surface area contributed by atoms with Gasteiger partial charge < -0.3 is 19.1 Å². The number of morpholine rings is 1. The molecule has 0 amide bonds. The summed E-state index contributed by atoms with van der Waals surface area (Å²) in [4.78, 5) is 6.95. The Balaban J connectivity index is 1.52. The van der Waals surface area contributed by atoms with Gasteiger partial charge in [-0.05, 0) is 31.2 Å². The van der Waals surface area contributed by atoms with Crippen LogP contribution in [-0.4, -0.2) is 67.0 Å². The van der Waals surface area contributed by atoms with Crippen LogP contribution in [0.15, 0.2) is 24.3 Å². The van der Waals surface area contributed by atoms with E-state index in [0.29, 0.717) is 26.4 Å². The molecule has 7 nitrogen and oxygen atoms in total. The van der Waals surface area contributed by atoms with Gasteiger partial charge in [0.25, 0.3) is 0 Å². The van der Waals surface area contributed by atoms with Crippen molar-refractivity contribution in [3.8, 4) is 11.4 Å². The molecule has 0 spiro atoms. The summed E-state index contributed by atoms with van der Waals surface area (Å²) in [5.41, 5.74) is 2.29. The lowest BCUT2D eigenvalue weighted by molar-refractivity contribution is -0.0945. The molecule has 134 valence electrons. The van der Waals surface area contributed by atoms with Gasteiger partial charge in [-0.15, -0.1) is 0 Å². The molecule has 2 saturated heterocycles. The van der Waals surface area contributed by atoms with E-state index < -0.39 is 0 Å². The van der Waals surface area contributed by atoms with Gasteiger partial charge in [0.15, 0.2) is 5.82 Å². The van der Waals surface area contributed by atoms with Gasteiger partial charge >= 0.3 is 0 Å². The smallest absolute Gasteiger partial charge is 0.158 e. The lowest BCUT2D eigenvalue weighted by atomic mass is 10.1. The molecule has 2 aliphatic heterocycles. The van der Waals surface area contributed by atoms with E-state index in [1.54, 1.807) is 0 Å². The Morgan fingerprint density at radius 2 is 1.84 bits per heavy atom. The number of anilines is 1. The molecule has 1 aromatic heterocycles. The summed E-state index contributed by atoms with van der Waals surface area (Å²) in [6, 6.07) is 8.52. The molecule has 3 heterocycles. The first kappa shape index (κ1) is 16.5. The molecule has 2 aromatic rings. The third kappa shape index (κ3) is 3.84. The van der Waals surface area contributed by atoms with Crippen molar-refractivity contribution in [3.05, 3.63) is 30.1 Å². The second-order valence-electron chi connectivity index (χ2n) is 6.38.